The SMILES string of the molecule is COc1ccc(S(=O)(=O)NCCc2cc3ccccc3[nH]c2=O)cc1OC. The van der Waals surface area contributed by atoms with E-state index >= 15 is 0 Å². The second-order valence-corrected chi connectivity index (χ2v) is 7.64. The minimum atomic E-state index is -3.74. The van der Waals surface area contributed by atoms with Crippen LogP contribution in [0.2, 0.25) is 0 Å². The number of aromatic amines is 1. The summed E-state index contributed by atoms with van der Waals surface area (Å²) < 4.78 is 37.8. The number of para-hydroxylation sites is 1. The highest BCUT2D eigenvalue weighted by Gasteiger charge is 2.17. The summed E-state index contributed by atoms with van der Waals surface area (Å²) in [6.45, 7) is 0.0953. The van der Waals surface area contributed by atoms with Crippen molar-refractivity contribution in [3.05, 3.63) is 64.4 Å². The van der Waals surface area contributed by atoms with Crippen molar-refractivity contribution in [2.75, 3.05) is 20.8 Å². The number of methoxy groups -OCH3 is 2. The second-order valence-electron chi connectivity index (χ2n) is 5.88. The molecule has 7 nitrogen and oxygen atoms in total. The third-order valence-electron chi connectivity index (χ3n) is 4.18. The van der Waals surface area contributed by atoms with Crippen molar-refractivity contribution < 1.29 is 17.9 Å². The Labute approximate surface area is 157 Å². The molecule has 0 aliphatic rings. The summed E-state index contributed by atoms with van der Waals surface area (Å²) in [5.74, 6) is 0.769. The molecule has 0 saturated heterocycles. The molecule has 0 bridgehead atoms. The van der Waals surface area contributed by atoms with Crippen molar-refractivity contribution in [1.82, 2.24) is 9.71 Å². The van der Waals surface area contributed by atoms with E-state index in [0.717, 1.165) is 10.9 Å². The average Bonchev–Trinajstić information content (AvgIpc) is 2.67. The molecule has 0 aliphatic carbocycles. The van der Waals surface area contributed by atoms with E-state index in [1.807, 2.05) is 24.3 Å². The maximum absolute atomic E-state index is 12.5. The van der Waals surface area contributed by atoms with Crippen LogP contribution < -0.4 is 19.8 Å². The standard InChI is InChI=1S/C19H20N2O5S/c1-25-17-8-7-15(12-18(17)26-2)27(23,24)20-10-9-14-11-13-5-3-4-6-16(13)21-19(14)22/h3-8,11-12,20H,9-10H2,1-2H3,(H,21,22). The second kappa shape index (κ2) is 7.81. The highest BCUT2D eigenvalue weighted by molar-refractivity contribution is 7.89. The summed E-state index contributed by atoms with van der Waals surface area (Å²) in [4.78, 5) is 15.0. The van der Waals surface area contributed by atoms with Crippen molar-refractivity contribution in [2.45, 2.75) is 11.3 Å². The summed E-state index contributed by atoms with van der Waals surface area (Å²) >= 11 is 0. The van der Waals surface area contributed by atoms with E-state index in [0.29, 0.717) is 17.1 Å². The van der Waals surface area contributed by atoms with E-state index < -0.39 is 10.0 Å². The molecule has 0 saturated carbocycles. The van der Waals surface area contributed by atoms with Crippen LogP contribution in [0.15, 0.2) is 58.2 Å². The quantitative estimate of drug-likeness (QED) is 0.646. The summed E-state index contributed by atoms with van der Waals surface area (Å²) in [6, 6.07) is 13.6. The van der Waals surface area contributed by atoms with Crippen LogP contribution in [0, 0.1) is 0 Å². The van der Waals surface area contributed by atoms with Gasteiger partial charge in [0.1, 0.15) is 0 Å². The first-order valence-electron chi connectivity index (χ1n) is 8.27. The van der Waals surface area contributed by atoms with E-state index in [2.05, 4.69) is 9.71 Å². The fraction of sp³-hybridized carbons (Fsp3) is 0.211. The molecule has 0 amide bonds. The Morgan fingerprint density at radius 2 is 1.74 bits per heavy atom. The Morgan fingerprint density at radius 3 is 2.48 bits per heavy atom. The van der Waals surface area contributed by atoms with Gasteiger partial charge in [-0.3, -0.25) is 4.79 Å². The maximum atomic E-state index is 12.5. The van der Waals surface area contributed by atoms with Crippen LogP contribution in [0.25, 0.3) is 10.9 Å². The number of pyridine rings is 1. The lowest BCUT2D eigenvalue weighted by Crippen LogP contribution is -2.27. The molecule has 0 radical (unpaired) electrons. The Hall–Kier alpha value is -2.84. The summed E-state index contributed by atoms with van der Waals surface area (Å²) in [7, 11) is -0.825. The van der Waals surface area contributed by atoms with Gasteiger partial charge < -0.3 is 14.5 Å². The highest BCUT2D eigenvalue weighted by Crippen LogP contribution is 2.29. The van der Waals surface area contributed by atoms with Crippen LogP contribution in [0.4, 0.5) is 0 Å². The Balaban J connectivity index is 1.75. The number of fused-ring (bicyclic) bond motifs is 1. The number of ether oxygens (including phenoxy) is 2. The summed E-state index contributed by atoms with van der Waals surface area (Å²) in [5, 5.41) is 0.898. The van der Waals surface area contributed by atoms with Gasteiger partial charge in [-0.1, -0.05) is 18.2 Å². The molecule has 0 aliphatic heterocycles. The number of benzene rings is 2. The Bertz CT molecular complexity index is 1120. The van der Waals surface area contributed by atoms with Gasteiger partial charge in [0.05, 0.1) is 19.1 Å². The Morgan fingerprint density at radius 1 is 1.00 bits per heavy atom. The predicted octanol–water partition coefficient (Wildman–Crippen LogP) is 2.07. The van der Waals surface area contributed by atoms with E-state index in [9.17, 15) is 13.2 Å². The highest BCUT2D eigenvalue weighted by atomic mass is 32.2. The number of sulfonamides is 1. The molecule has 3 rings (SSSR count). The lowest BCUT2D eigenvalue weighted by atomic mass is 10.1. The number of H-pyrrole nitrogens is 1. The minimum Gasteiger partial charge on any atom is -0.493 e. The zero-order valence-electron chi connectivity index (χ0n) is 15.0. The fourth-order valence-corrected chi connectivity index (χ4v) is 3.81. The number of aromatic nitrogens is 1. The third-order valence-corrected chi connectivity index (χ3v) is 5.64. The van der Waals surface area contributed by atoms with E-state index in [4.69, 9.17) is 9.47 Å². The molecule has 2 N–H and O–H groups in total. The zero-order valence-corrected chi connectivity index (χ0v) is 15.8. The fourth-order valence-electron chi connectivity index (χ4n) is 2.77. The van der Waals surface area contributed by atoms with Gasteiger partial charge in [0.2, 0.25) is 10.0 Å². The number of rotatable bonds is 7. The summed E-state index contributed by atoms with van der Waals surface area (Å²) in [5.41, 5.74) is 1.04. The maximum Gasteiger partial charge on any atom is 0.251 e. The number of nitrogens with one attached hydrogen (secondary N) is 2. The molecule has 1 heterocycles. The lowest BCUT2D eigenvalue weighted by molar-refractivity contribution is 0.354. The molecule has 0 spiro atoms. The monoisotopic (exact) mass is 388 g/mol. The van der Waals surface area contributed by atoms with Gasteiger partial charge in [0, 0.05) is 23.7 Å². The van der Waals surface area contributed by atoms with Crippen LogP contribution in [0.5, 0.6) is 11.5 Å². The first-order valence-corrected chi connectivity index (χ1v) is 9.75. The number of hydrogen-bond donors (Lipinski definition) is 2. The molecule has 8 heteroatoms. The molecule has 142 valence electrons. The van der Waals surface area contributed by atoms with Gasteiger partial charge in [0.15, 0.2) is 11.5 Å². The molecular formula is C19H20N2O5S. The van der Waals surface area contributed by atoms with Gasteiger partial charge in [-0.15, -0.1) is 0 Å². The average molecular weight is 388 g/mol. The molecule has 3 aromatic rings. The molecule has 0 fully saturated rings. The van der Waals surface area contributed by atoms with Gasteiger partial charge in [-0.05, 0) is 36.1 Å². The molecule has 1 aromatic heterocycles. The van der Waals surface area contributed by atoms with Crippen molar-refractivity contribution in [3.63, 3.8) is 0 Å². The number of hydrogen-bond acceptors (Lipinski definition) is 5. The molecule has 0 atom stereocenters. The van der Waals surface area contributed by atoms with E-state index in [1.165, 1.54) is 32.4 Å². The van der Waals surface area contributed by atoms with Crippen molar-refractivity contribution in [2.24, 2.45) is 0 Å². The molecule has 0 unspecified atom stereocenters. The van der Waals surface area contributed by atoms with Gasteiger partial charge in [-0.2, -0.15) is 0 Å². The smallest absolute Gasteiger partial charge is 0.251 e. The first-order chi connectivity index (χ1) is 12.9. The normalized spacial score (nSPS) is 11.5. The topological polar surface area (TPSA) is 97.5 Å². The van der Waals surface area contributed by atoms with Crippen LogP contribution in [-0.4, -0.2) is 34.2 Å². The van der Waals surface area contributed by atoms with Crippen molar-refractivity contribution in [1.29, 1.82) is 0 Å². The predicted molar refractivity (Wildman–Crippen MR) is 103 cm³/mol. The van der Waals surface area contributed by atoms with Crippen LogP contribution in [0.3, 0.4) is 0 Å². The summed E-state index contributed by atoms with van der Waals surface area (Å²) in [6.07, 6.45) is 0.271. The third kappa shape index (κ3) is 4.12. The lowest BCUT2D eigenvalue weighted by Gasteiger charge is -2.11. The minimum absolute atomic E-state index is 0.0626. The van der Waals surface area contributed by atoms with Crippen molar-refractivity contribution in [3.8, 4) is 11.5 Å². The van der Waals surface area contributed by atoms with Crippen LogP contribution >= 0.6 is 0 Å². The van der Waals surface area contributed by atoms with Gasteiger partial charge >= 0.3 is 0 Å². The molecular weight excluding hydrogens is 368 g/mol. The van der Waals surface area contributed by atoms with Gasteiger partial charge in [-0.25, -0.2) is 13.1 Å². The van der Waals surface area contributed by atoms with Crippen LogP contribution in [0.1, 0.15) is 5.56 Å². The van der Waals surface area contributed by atoms with Gasteiger partial charge in [0.25, 0.3) is 5.56 Å². The van der Waals surface area contributed by atoms with Crippen molar-refractivity contribution >= 4 is 20.9 Å². The zero-order chi connectivity index (χ0) is 19.4. The Kier molecular flexibility index (Phi) is 5.48. The molecule has 2 aromatic carbocycles. The largest absolute Gasteiger partial charge is 0.493 e. The van der Waals surface area contributed by atoms with E-state index in [1.54, 1.807) is 6.07 Å². The first kappa shape index (κ1) is 18.9. The van der Waals surface area contributed by atoms with E-state index in [-0.39, 0.29) is 23.4 Å². The molecule has 27 heavy (non-hydrogen) atoms. The van der Waals surface area contributed by atoms with Crippen LogP contribution in [-0.2, 0) is 16.4 Å².